The topological polar surface area (TPSA) is 71.2 Å². The molecule has 80 valence electrons. The molecule has 5 nitrogen and oxygen atoms in total. The second-order valence-electron chi connectivity index (χ2n) is 3.75. The SMILES string of the molecule is CCCC(C)(O)CNc1nc(C)no1. The first-order valence-corrected chi connectivity index (χ1v) is 4.80. The Morgan fingerprint density at radius 1 is 1.57 bits per heavy atom. The summed E-state index contributed by atoms with van der Waals surface area (Å²) in [5.74, 6) is 0.586. The van der Waals surface area contributed by atoms with E-state index in [4.69, 9.17) is 4.52 Å². The molecule has 0 spiro atoms. The van der Waals surface area contributed by atoms with E-state index in [1.165, 1.54) is 0 Å². The second kappa shape index (κ2) is 4.41. The number of anilines is 1. The van der Waals surface area contributed by atoms with Crippen LogP contribution in [0.1, 0.15) is 32.5 Å². The van der Waals surface area contributed by atoms with Gasteiger partial charge in [-0.25, -0.2) is 0 Å². The van der Waals surface area contributed by atoms with E-state index in [-0.39, 0.29) is 0 Å². The van der Waals surface area contributed by atoms with Crippen molar-refractivity contribution in [3.05, 3.63) is 5.82 Å². The molecule has 14 heavy (non-hydrogen) atoms. The van der Waals surface area contributed by atoms with E-state index in [0.717, 1.165) is 12.8 Å². The highest BCUT2D eigenvalue weighted by Crippen LogP contribution is 2.12. The fraction of sp³-hybridized carbons (Fsp3) is 0.778. The van der Waals surface area contributed by atoms with Gasteiger partial charge in [-0.15, -0.1) is 0 Å². The first-order valence-electron chi connectivity index (χ1n) is 4.80. The van der Waals surface area contributed by atoms with Crippen LogP contribution in [0.4, 0.5) is 6.01 Å². The van der Waals surface area contributed by atoms with Gasteiger partial charge in [-0.05, 0) is 20.3 Å². The third kappa shape index (κ3) is 3.33. The molecule has 0 aliphatic heterocycles. The first-order chi connectivity index (χ1) is 6.53. The molecule has 0 aliphatic carbocycles. The standard InChI is InChI=1S/C9H17N3O2/c1-4-5-9(3,13)6-10-8-11-7(2)12-14-8/h13H,4-6H2,1-3H3,(H,10,11,12). The van der Waals surface area contributed by atoms with Crippen molar-refractivity contribution < 1.29 is 9.63 Å². The molecule has 0 aromatic carbocycles. The molecule has 1 aromatic heterocycles. The fourth-order valence-corrected chi connectivity index (χ4v) is 1.26. The minimum Gasteiger partial charge on any atom is -0.388 e. The summed E-state index contributed by atoms with van der Waals surface area (Å²) in [6.07, 6.45) is 1.69. The number of aliphatic hydroxyl groups is 1. The molecule has 2 N–H and O–H groups in total. The highest BCUT2D eigenvalue weighted by Gasteiger charge is 2.19. The van der Waals surface area contributed by atoms with Crippen molar-refractivity contribution in [3.8, 4) is 0 Å². The van der Waals surface area contributed by atoms with Crippen molar-refractivity contribution >= 4 is 6.01 Å². The molecule has 0 amide bonds. The number of hydrogen-bond donors (Lipinski definition) is 2. The van der Waals surface area contributed by atoms with E-state index >= 15 is 0 Å². The predicted octanol–water partition coefficient (Wildman–Crippen LogP) is 1.34. The van der Waals surface area contributed by atoms with E-state index in [1.807, 2.05) is 6.92 Å². The summed E-state index contributed by atoms with van der Waals surface area (Å²) in [6, 6.07) is 0.360. The van der Waals surface area contributed by atoms with Gasteiger partial charge in [0, 0.05) is 6.54 Å². The van der Waals surface area contributed by atoms with Gasteiger partial charge in [-0.3, -0.25) is 0 Å². The van der Waals surface area contributed by atoms with Gasteiger partial charge in [0.25, 0.3) is 0 Å². The van der Waals surface area contributed by atoms with Crippen LogP contribution in [-0.4, -0.2) is 27.4 Å². The van der Waals surface area contributed by atoms with Crippen molar-refractivity contribution in [1.82, 2.24) is 10.1 Å². The third-order valence-corrected chi connectivity index (χ3v) is 1.94. The van der Waals surface area contributed by atoms with Gasteiger partial charge in [0.15, 0.2) is 5.82 Å². The number of nitrogens with zero attached hydrogens (tertiary/aromatic N) is 2. The quantitative estimate of drug-likeness (QED) is 0.748. The van der Waals surface area contributed by atoms with Crippen molar-refractivity contribution in [2.75, 3.05) is 11.9 Å². The monoisotopic (exact) mass is 199 g/mol. The summed E-state index contributed by atoms with van der Waals surface area (Å²) in [6.45, 7) is 5.99. The minimum absolute atomic E-state index is 0.360. The van der Waals surface area contributed by atoms with Gasteiger partial charge in [-0.1, -0.05) is 18.5 Å². The zero-order chi connectivity index (χ0) is 10.6. The smallest absolute Gasteiger partial charge is 0.321 e. The maximum absolute atomic E-state index is 9.83. The average Bonchev–Trinajstić information content (AvgIpc) is 2.48. The predicted molar refractivity (Wildman–Crippen MR) is 53.1 cm³/mol. The summed E-state index contributed by atoms with van der Waals surface area (Å²) in [5, 5.41) is 16.4. The molecule has 1 unspecified atom stereocenters. The van der Waals surface area contributed by atoms with Crippen LogP contribution >= 0.6 is 0 Å². The Morgan fingerprint density at radius 3 is 2.79 bits per heavy atom. The van der Waals surface area contributed by atoms with Crippen LogP contribution in [0.15, 0.2) is 4.52 Å². The Morgan fingerprint density at radius 2 is 2.29 bits per heavy atom. The van der Waals surface area contributed by atoms with Crippen LogP contribution in [0.2, 0.25) is 0 Å². The molecule has 0 radical (unpaired) electrons. The molecule has 0 bridgehead atoms. The molecule has 0 aliphatic rings. The van der Waals surface area contributed by atoms with E-state index < -0.39 is 5.60 Å². The van der Waals surface area contributed by atoms with Crippen molar-refractivity contribution in [1.29, 1.82) is 0 Å². The zero-order valence-corrected chi connectivity index (χ0v) is 8.87. The van der Waals surface area contributed by atoms with Crippen LogP contribution in [0, 0.1) is 6.92 Å². The fourth-order valence-electron chi connectivity index (χ4n) is 1.26. The normalized spacial score (nSPS) is 15.1. The number of hydrogen-bond acceptors (Lipinski definition) is 5. The van der Waals surface area contributed by atoms with Crippen LogP contribution in [0.3, 0.4) is 0 Å². The zero-order valence-electron chi connectivity index (χ0n) is 8.87. The highest BCUT2D eigenvalue weighted by atomic mass is 16.5. The Labute approximate surface area is 83.5 Å². The molecular weight excluding hydrogens is 182 g/mol. The molecule has 0 saturated heterocycles. The number of rotatable bonds is 5. The van der Waals surface area contributed by atoms with Crippen LogP contribution < -0.4 is 5.32 Å². The summed E-state index contributed by atoms with van der Waals surface area (Å²) in [7, 11) is 0. The maximum Gasteiger partial charge on any atom is 0.321 e. The highest BCUT2D eigenvalue weighted by molar-refractivity contribution is 5.18. The molecular formula is C9H17N3O2. The van der Waals surface area contributed by atoms with Crippen LogP contribution in [0.25, 0.3) is 0 Å². The maximum atomic E-state index is 9.83. The molecule has 0 saturated carbocycles. The van der Waals surface area contributed by atoms with E-state index in [0.29, 0.717) is 18.4 Å². The Balaban J connectivity index is 2.40. The summed E-state index contributed by atoms with van der Waals surface area (Å²) >= 11 is 0. The number of aromatic nitrogens is 2. The molecule has 1 heterocycles. The third-order valence-electron chi connectivity index (χ3n) is 1.94. The van der Waals surface area contributed by atoms with Gasteiger partial charge in [0.1, 0.15) is 0 Å². The summed E-state index contributed by atoms with van der Waals surface area (Å²) < 4.78 is 4.85. The number of aryl methyl sites for hydroxylation is 1. The second-order valence-corrected chi connectivity index (χ2v) is 3.75. The van der Waals surface area contributed by atoms with Crippen molar-refractivity contribution in [3.63, 3.8) is 0 Å². The van der Waals surface area contributed by atoms with Gasteiger partial charge >= 0.3 is 6.01 Å². The molecule has 5 heteroatoms. The molecule has 1 atom stereocenters. The van der Waals surface area contributed by atoms with Gasteiger partial charge in [0.2, 0.25) is 0 Å². The lowest BCUT2D eigenvalue weighted by atomic mass is 10.0. The Kier molecular flexibility index (Phi) is 3.46. The molecule has 0 fully saturated rings. The number of nitrogens with one attached hydrogen (secondary N) is 1. The lowest BCUT2D eigenvalue weighted by molar-refractivity contribution is 0.0630. The van der Waals surface area contributed by atoms with E-state index in [1.54, 1.807) is 13.8 Å². The Hall–Kier alpha value is -1.10. The minimum atomic E-state index is -0.725. The van der Waals surface area contributed by atoms with Gasteiger partial charge in [-0.2, -0.15) is 4.98 Å². The largest absolute Gasteiger partial charge is 0.388 e. The van der Waals surface area contributed by atoms with Crippen LogP contribution in [-0.2, 0) is 0 Å². The lowest BCUT2D eigenvalue weighted by Gasteiger charge is -2.21. The van der Waals surface area contributed by atoms with Crippen molar-refractivity contribution in [2.45, 2.75) is 39.2 Å². The van der Waals surface area contributed by atoms with Gasteiger partial charge in [0.05, 0.1) is 5.60 Å². The first kappa shape index (κ1) is 11.0. The summed E-state index contributed by atoms with van der Waals surface area (Å²) in [4.78, 5) is 3.97. The van der Waals surface area contributed by atoms with E-state index in [2.05, 4.69) is 15.5 Å². The average molecular weight is 199 g/mol. The van der Waals surface area contributed by atoms with Crippen LogP contribution in [0.5, 0.6) is 0 Å². The Bertz CT molecular complexity index is 283. The van der Waals surface area contributed by atoms with E-state index in [9.17, 15) is 5.11 Å². The molecule has 1 rings (SSSR count). The summed E-state index contributed by atoms with van der Waals surface area (Å²) in [5.41, 5.74) is -0.725. The van der Waals surface area contributed by atoms with Gasteiger partial charge < -0.3 is 14.9 Å². The van der Waals surface area contributed by atoms with Crippen molar-refractivity contribution in [2.24, 2.45) is 0 Å². The molecule has 1 aromatic rings. The lowest BCUT2D eigenvalue weighted by Crippen LogP contribution is -2.33.